The summed E-state index contributed by atoms with van der Waals surface area (Å²) in [6.45, 7) is 1.36. The van der Waals surface area contributed by atoms with E-state index in [9.17, 15) is 4.79 Å². The van der Waals surface area contributed by atoms with E-state index >= 15 is 0 Å². The second-order valence-corrected chi connectivity index (χ2v) is 6.04. The number of thioether (sulfide) groups is 1. The minimum atomic E-state index is -0.383. The zero-order chi connectivity index (χ0) is 12.4. The van der Waals surface area contributed by atoms with Gasteiger partial charge >= 0.3 is 5.97 Å². The fourth-order valence-electron chi connectivity index (χ4n) is 1.57. The van der Waals surface area contributed by atoms with Crippen molar-refractivity contribution in [3.05, 3.63) is 34.9 Å². The molecule has 0 N–H and O–H groups in total. The highest BCUT2D eigenvalue weighted by Gasteiger charge is 2.23. The molecule has 1 unspecified atom stereocenters. The number of rotatable bonds is 1. The first-order valence-corrected chi connectivity index (χ1v) is 6.74. The Morgan fingerprint density at radius 2 is 2.18 bits per heavy atom. The molecule has 0 aliphatic carbocycles. The molecule has 0 amide bonds. The van der Waals surface area contributed by atoms with E-state index in [0.29, 0.717) is 17.2 Å². The Bertz CT molecular complexity index is 485. The van der Waals surface area contributed by atoms with E-state index in [2.05, 4.69) is 0 Å². The van der Waals surface area contributed by atoms with Crippen molar-refractivity contribution in [2.24, 2.45) is 0 Å². The second kappa shape index (κ2) is 5.34. The van der Waals surface area contributed by atoms with E-state index in [0.717, 1.165) is 10.5 Å². The quantitative estimate of drug-likeness (QED) is 0.572. The molecule has 0 spiro atoms. The van der Waals surface area contributed by atoms with Gasteiger partial charge in [0, 0.05) is 23.8 Å². The summed E-state index contributed by atoms with van der Waals surface area (Å²) >= 11 is 13.8. The van der Waals surface area contributed by atoms with Gasteiger partial charge in [-0.05, 0) is 6.07 Å². The van der Waals surface area contributed by atoms with Crippen molar-refractivity contribution >= 4 is 46.7 Å². The standard InChI is InChI=1S/C12H10Cl2O2S/c1-7(15)16-12-8-4-2-3-5-10(8)17-11(14)6-9(12)13/h2-5,11H,6H2,1H3. The maximum Gasteiger partial charge on any atom is 0.308 e. The maximum atomic E-state index is 11.1. The number of fused-ring (bicyclic) bond motifs is 1. The van der Waals surface area contributed by atoms with Crippen molar-refractivity contribution in [2.75, 3.05) is 0 Å². The molecule has 0 saturated carbocycles. The minimum absolute atomic E-state index is 0.156. The molecule has 2 rings (SSSR count). The fraction of sp³-hybridized carbons (Fsp3) is 0.250. The lowest BCUT2D eigenvalue weighted by Gasteiger charge is -2.10. The summed E-state index contributed by atoms with van der Waals surface area (Å²) in [4.78, 5) is 12.1. The number of hydrogen-bond acceptors (Lipinski definition) is 3. The molecule has 1 heterocycles. The molecule has 2 nitrogen and oxygen atoms in total. The van der Waals surface area contributed by atoms with Crippen molar-refractivity contribution in [1.29, 1.82) is 0 Å². The molecular weight excluding hydrogens is 279 g/mol. The lowest BCUT2D eigenvalue weighted by molar-refractivity contribution is -0.134. The maximum absolute atomic E-state index is 11.1. The molecule has 90 valence electrons. The minimum Gasteiger partial charge on any atom is -0.425 e. The highest BCUT2D eigenvalue weighted by molar-refractivity contribution is 8.01. The Morgan fingerprint density at radius 3 is 2.88 bits per heavy atom. The summed E-state index contributed by atoms with van der Waals surface area (Å²) in [6.07, 6.45) is 0.477. The Hall–Kier alpha value is -0.640. The van der Waals surface area contributed by atoms with E-state index in [1.807, 2.05) is 24.3 Å². The number of carbonyl (C=O) groups excluding carboxylic acids is 1. The molecule has 1 aromatic rings. The van der Waals surface area contributed by atoms with Crippen LogP contribution in [0.1, 0.15) is 18.9 Å². The average molecular weight is 289 g/mol. The highest BCUT2D eigenvalue weighted by Crippen LogP contribution is 2.42. The van der Waals surface area contributed by atoms with Crippen molar-refractivity contribution in [3.63, 3.8) is 0 Å². The van der Waals surface area contributed by atoms with Crippen molar-refractivity contribution in [1.82, 2.24) is 0 Å². The van der Waals surface area contributed by atoms with Crippen molar-refractivity contribution in [2.45, 2.75) is 22.9 Å². The topological polar surface area (TPSA) is 26.3 Å². The van der Waals surface area contributed by atoms with Crippen LogP contribution in [0.3, 0.4) is 0 Å². The molecule has 1 aromatic carbocycles. The number of esters is 1. The number of halogens is 2. The van der Waals surface area contributed by atoms with Crippen LogP contribution in [0, 0.1) is 0 Å². The number of hydrogen-bond donors (Lipinski definition) is 0. The smallest absolute Gasteiger partial charge is 0.308 e. The fourth-order valence-corrected chi connectivity index (χ4v) is 3.45. The SMILES string of the molecule is CC(=O)OC1=C(Cl)CC(Cl)Sc2ccccc21. The van der Waals surface area contributed by atoms with Crippen LogP contribution in [-0.4, -0.2) is 10.7 Å². The molecule has 0 aromatic heterocycles. The third kappa shape index (κ3) is 2.97. The van der Waals surface area contributed by atoms with Crippen LogP contribution in [0.5, 0.6) is 0 Å². The van der Waals surface area contributed by atoms with Crippen LogP contribution in [0.15, 0.2) is 34.2 Å². The summed E-state index contributed by atoms with van der Waals surface area (Å²) in [6, 6.07) is 7.61. The van der Waals surface area contributed by atoms with Gasteiger partial charge in [0.1, 0.15) is 0 Å². The second-order valence-electron chi connectivity index (χ2n) is 3.56. The zero-order valence-electron chi connectivity index (χ0n) is 9.07. The van der Waals surface area contributed by atoms with Crippen LogP contribution >= 0.6 is 35.0 Å². The van der Waals surface area contributed by atoms with Gasteiger partial charge in [0.15, 0.2) is 5.76 Å². The highest BCUT2D eigenvalue weighted by atomic mass is 35.5. The Labute approximate surface area is 114 Å². The predicted molar refractivity (Wildman–Crippen MR) is 71.1 cm³/mol. The van der Waals surface area contributed by atoms with Crippen LogP contribution in [0.25, 0.3) is 5.76 Å². The van der Waals surface area contributed by atoms with Crippen LogP contribution in [0.4, 0.5) is 0 Å². The van der Waals surface area contributed by atoms with Gasteiger partial charge in [-0.3, -0.25) is 4.79 Å². The van der Waals surface area contributed by atoms with Crippen LogP contribution < -0.4 is 0 Å². The molecular formula is C12H10Cl2O2S. The number of carbonyl (C=O) groups is 1. The Morgan fingerprint density at radius 1 is 1.47 bits per heavy atom. The average Bonchev–Trinajstić information content (AvgIpc) is 2.36. The monoisotopic (exact) mass is 288 g/mol. The number of benzene rings is 1. The Balaban J connectivity index is 2.51. The van der Waals surface area contributed by atoms with Gasteiger partial charge in [0.2, 0.25) is 0 Å². The largest absolute Gasteiger partial charge is 0.425 e. The number of alkyl halides is 1. The summed E-state index contributed by atoms with van der Waals surface area (Å²) in [5.41, 5.74) is 0.820. The normalized spacial score (nSPS) is 19.6. The van der Waals surface area contributed by atoms with E-state index in [1.165, 1.54) is 18.7 Å². The first kappa shape index (κ1) is 12.8. The van der Waals surface area contributed by atoms with Gasteiger partial charge in [-0.2, -0.15) is 0 Å². The predicted octanol–water partition coefficient (Wildman–Crippen LogP) is 4.22. The first-order valence-electron chi connectivity index (χ1n) is 5.05. The molecule has 0 bridgehead atoms. The molecule has 1 aliphatic rings. The van der Waals surface area contributed by atoms with Gasteiger partial charge < -0.3 is 4.74 Å². The summed E-state index contributed by atoms with van der Waals surface area (Å²) in [5.74, 6) is 0.0383. The summed E-state index contributed by atoms with van der Waals surface area (Å²) < 4.78 is 5.04. The summed E-state index contributed by atoms with van der Waals surface area (Å²) in [7, 11) is 0. The van der Waals surface area contributed by atoms with Crippen LogP contribution in [-0.2, 0) is 9.53 Å². The van der Waals surface area contributed by atoms with Crippen LogP contribution in [0.2, 0.25) is 0 Å². The number of ether oxygens (including phenoxy) is 1. The van der Waals surface area contributed by atoms with Gasteiger partial charge in [0.05, 0.1) is 9.74 Å². The molecule has 0 saturated heterocycles. The van der Waals surface area contributed by atoms with Crippen molar-refractivity contribution in [3.8, 4) is 0 Å². The third-order valence-corrected chi connectivity index (χ3v) is 4.00. The van der Waals surface area contributed by atoms with E-state index in [4.69, 9.17) is 27.9 Å². The van der Waals surface area contributed by atoms with E-state index in [1.54, 1.807) is 0 Å². The first-order chi connectivity index (χ1) is 8.08. The van der Waals surface area contributed by atoms with E-state index < -0.39 is 0 Å². The molecule has 0 fully saturated rings. The molecule has 17 heavy (non-hydrogen) atoms. The number of allylic oxidation sites excluding steroid dienone is 1. The Kier molecular flexibility index (Phi) is 4.02. The third-order valence-electron chi connectivity index (χ3n) is 2.22. The van der Waals surface area contributed by atoms with Crippen molar-refractivity contribution < 1.29 is 9.53 Å². The molecule has 1 atom stereocenters. The summed E-state index contributed by atoms with van der Waals surface area (Å²) in [5, 5.41) is 0.484. The zero-order valence-corrected chi connectivity index (χ0v) is 11.4. The van der Waals surface area contributed by atoms with Gasteiger partial charge in [-0.25, -0.2) is 0 Å². The lowest BCUT2D eigenvalue weighted by Crippen LogP contribution is -2.00. The van der Waals surface area contributed by atoms with Gasteiger partial charge in [0.25, 0.3) is 0 Å². The molecule has 0 radical (unpaired) electrons. The lowest BCUT2D eigenvalue weighted by atomic mass is 10.1. The van der Waals surface area contributed by atoms with E-state index in [-0.39, 0.29) is 10.7 Å². The molecule has 1 aliphatic heterocycles. The molecule has 5 heteroatoms. The van der Waals surface area contributed by atoms with Gasteiger partial charge in [-0.1, -0.05) is 29.8 Å². The van der Waals surface area contributed by atoms with Gasteiger partial charge in [-0.15, -0.1) is 23.4 Å².